The zero-order chi connectivity index (χ0) is 16.8. The summed E-state index contributed by atoms with van der Waals surface area (Å²) >= 11 is 0. The Balaban J connectivity index is 2.19. The van der Waals surface area contributed by atoms with Gasteiger partial charge < -0.3 is 15.5 Å². The van der Waals surface area contributed by atoms with E-state index in [1.165, 1.54) is 12.1 Å². The Morgan fingerprint density at radius 1 is 1.09 bits per heavy atom. The molecule has 3 N–H and O–H groups in total. The fraction of sp³-hybridized carbons (Fsp3) is 0.222. The van der Waals surface area contributed by atoms with Crippen LogP contribution in [-0.2, 0) is 6.42 Å². The molecule has 0 bridgehead atoms. The normalized spacial score (nSPS) is 10.3. The Labute approximate surface area is 134 Å². The summed E-state index contributed by atoms with van der Waals surface area (Å²) in [6.45, 7) is 2.02. The van der Waals surface area contributed by atoms with E-state index in [1.54, 1.807) is 18.2 Å². The van der Waals surface area contributed by atoms with Gasteiger partial charge in [0.05, 0.1) is 11.1 Å². The number of carboxylic acid groups (broad SMARTS) is 1. The van der Waals surface area contributed by atoms with Gasteiger partial charge in [-0.1, -0.05) is 24.3 Å². The molecule has 120 valence electrons. The minimum Gasteiger partial charge on any atom is -0.478 e. The fourth-order valence-corrected chi connectivity index (χ4v) is 2.36. The number of benzene rings is 2. The number of aliphatic hydroxyl groups is 1. The number of aryl methyl sites for hydroxylation is 2. The highest BCUT2D eigenvalue weighted by Crippen LogP contribution is 2.19. The van der Waals surface area contributed by atoms with Crippen molar-refractivity contribution in [2.24, 2.45) is 0 Å². The molecule has 2 rings (SSSR count). The second-order valence-corrected chi connectivity index (χ2v) is 5.28. The van der Waals surface area contributed by atoms with Gasteiger partial charge in [-0.3, -0.25) is 4.79 Å². The first-order valence-corrected chi connectivity index (χ1v) is 7.37. The molecular weight excluding hydrogens is 294 g/mol. The quantitative estimate of drug-likeness (QED) is 0.765. The minimum absolute atomic E-state index is 0.0257. The SMILES string of the molecule is Cc1cc(CCCO)ccc1NC(=O)c1ccccc1C(=O)O. The molecule has 0 aromatic heterocycles. The lowest BCUT2D eigenvalue weighted by Gasteiger charge is -2.11. The highest BCUT2D eigenvalue weighted by Gasteiger charge is 2.16. The molecule has 0 heterocycles. The molecule has 0 fully saturated rings. The van der Waals surface area contributed by atoms with E-state index in [-0.39, 0.29) is 17.7 Å². The lowest BCUT2D eigenvalue weighted by molar-refractivity contribution is 0.0692. The molecule has 0 radical (unpaired) electrons. The van der Waals surface area contributed by atoms with E-state index in [0.29, 0.717) is 12.1 Å². The van der Waals surface area contributed by atoms with Crippen LogP contribution in [0.4, 0.5) is 5.69 Å². The van der Waals surface area contributed by atoms with E-state index in [0.717, 1.165) is 17.5 Å². The standard InChI is InChI=1S/C18H19NO4/c1-12-11-13(5-4-10-20)8-9-16(12)19-17(21)14-6-2-3-7-15(14)18(22)23/h2-3,6-9,11,20H,4-5,10H2,1H3,(H,19,21)(H,22,23). The Morgan fingerprint density at radius 2 is 1.78 bits per heavy atom. The topological polar surface area (TPSA) is 86.6 Å². The minimum atomic E-state index is -1.13. The van der Waals surface area contributed by atoms with Gasteiger partial charge in [-0.25, -0.2) is 4.79 Å². The zero-order valence-corrected chi connectivity index (χ0v) is 12.9. The molecular formula is C18H19NO4. The number of rotatable bonds is 6. The lowest BCUT2D eigenvalue weighted by Crippen LogP contribution is -2.17. The van der Waals surface area contributed by atoms with Crippen molar-refractivity contribution in [3.8, 4) is 0 Å². The summed E-state index contributed by atoms with van der Waals surface area (Å²) in [4.78, 5) is 23.5. The highest BCUT2D eigenvalue weighted by molar-refractivity contribution is 6.10. The van der Waals surface area contributed by atoms with Crippen LogP contribution in [0.15, 0.2) is 42.5 Å². The van der Waals surface area contributed by atoms with Crippen LogP contribution in [-0.4, -0.2) is 28.7 Å². The monoisotopic (exact) mass is 313 g/mol. The van der Waals surface area contributed by atoms with E-state index in [9.17, 15) is 9.59 Å². The summed E-state index contributed by atoms with van der Waals surface area (Å²) in [5.74, 6) is -1.58. The number of nitrogens with one attached hydrogen (secondary N) is 1. The van der Waals surface area contributed by atoms with Crippen LogP contribution in [0.25, 0.3) is 0 Å². The van der Waals surface area contributed by atoms with Gasteiger partial charge in [0, 0.05) is 12.3 Å². The second kappa shape index (κ2) is 7.56. The van der Waals surface area contributed by atoms with Crippen molar-refractivity contribution in [1.29, 1.82) is 0 Å². The molecule has 0 aliphatic carbocycles. The molecule has 0 unspecified atom stereocenters. The number of aromatic carboxylic acids is 1. The molecule has 5 nitrogen and oxygen atoms in total. The first kappa shape index (κ1) is 16.7. The maximum absolute atomic E-state index is 12.3. The van der Waals surface area contributed by atoms with Gasteiger partial charge in [0.1, 0.15) is 0 Å². The third-order valence-electron chi connectivity index (χ3n) is 3.56. The van der Waals surface area contributed by atoms with Crippen LogP contribution in [0.1, 0.15) is 38.3 Å². The van der Waals surface area contributed by atoms with Crippen molar-refractivity contribution in [1.82, 2.24) is 0 Å². The third kappa shape index (κ3) is 4.17. The summed E-state index contributed by atoms with van der Waals surface area (Å²) < 4.78 is 0. The number of hydrogen-bond donors (Lipinski definition) is 3. The van der Waals surface area contributed by atoms with E-state index in [1.807, 2.05) is 19.1 Å². The number of anilines is 1. The Morgan fingerprint density at radius 3 is 2.39 bits per heavy atom. The molecule has 0 saturated heterocycles. The average Bonchev–Trinajstić information content (AvgIpc) is 2.55. The molecule has 0 spiro atoms. The maximum atomic E-state index is 12.3. The summed E-state index contributed by atoms with van der Waals surface area (Å²) in [7, 11) is 0. The van der Waals surface area contributed by atoms with Crippen molar-refractivity contribution in [2.45, 2.75) is 19.8 Å². The van der Waals surface area contributed by atoms with E-state index in [2.05, 4.69) is 5.32 Å². The molecule has 1 amide bonds. The molecule has 0 saturated carbocycles. The van der Waals surface area contributed by atoms with Gasteiger partial charge in [-0.2, -0.15) is 0 Å². The van der Waals surface area contributed by atoms with E-state index in [4.69, 9.17) is 10.2 Å². The van der Waals surface area contributed by atoms with Gasteiger partial charge in [0.15, 0.2) is 0 Å². The van der Waals surface area contributed by atoms with Crippen LogP contribution in [0.3, 0.4) is 0 Å². The molecule has 0 atom stereocenters. The Kier molecular flexibility index (Phi) is 5.49. The van der Waals surface area contributed by atoms with Crippen molar-refractivity contribution >= 4 is 17.6 Å². The maximum Gasteiger partial charge on any atom is 0.336 e. The van der Waals surface area contributed by atoms with Crippen LogP contribution < -0.4 is 5.32 Å². The average molecular weight is 313 g/mol. The first-order chi connectivity index (χ1) is 11.0. The van der Waals surface area contributed by atoms with Crippen LogP contribution >= 0.6 is 0 Å². The molecule has 0 aliphatic rings. The van der Waals surface area contributed by atoms with E-state index >= 15 is 0 Å². The zero-order valence-electron chi connectivity index (χ0n) is 12.9. The van der Waals surface area contributed by atoms with Crippen molar-refractivity contribution in [3.05, 3.63) is 64.7 Å². The highest BCUT2D eigenvalue weighted by atomic mass is 16.4. The van der Waals surface area contributed by atoms with Crippen LogP contribution in [0.5, 0.6) is 0 Å². The predicted octanol–water partition coefficient (Wildman–Crippen LogP) is 2.87. The van der Waals surface area contributed by atoms with Crippen molar-refractivity contribution < 1.29 is 19.8 Å². The molecule has 2 aromatic rings. The van der Waals surface area contributed by atoms with Crippen LogP contribution in [0, 0.1) is 6.92 Å². The van der Waals surface area contributed by atoms with Gasteiger partial charge in [-0.05, 0) is 49.1 Å². The van der Waals surface area contributed by atoms with Gasteiger partial charge in [0.2, 0.25) is 0 Å². The summed E-state index contributed by atoms with van der Waals surface area (Å²) in [6.07, 6.45) is 1.46. The van der Waals surface area contributed by atoms with Crippen LogP contribution in [0.2, 0.25) is 0 Å². The summed E-state index contributed by atoms with van der Waals surface area (Å²) in [6, 6.07) is 11.7. The summed E-state index contributed by atoms with van der Waals surface area (Å²) in [5, 5.41) is 20.8. The third-order valence-corrected chi connectivity index (χ3v) is 3.56. The first-order valence-electron chi connectivity index (χ1n) is 7.37. The van der Waals surface area contributed by atoms with Gasteiger partial charge in [-0.15, -0.1) is 0 Å². The van der Waals surface area contributed by atoms with Crippen molar-refractivity contribution in [3.63, 3.8) is 0 Å². The second-order valence-electron chi connectivity index (χ2n) is 5.28. The number of carbonyl (C=O) groups is 2. The number of hydrogen-bond acceptors (Lipinski definition) is 3. The lowest BCUT2D eigenvalue weighted by atomic mass is 10.0. The number of carboxylic acids is 1. The van der Waals surface area contributed by atoms with Gasteiger partial charge >= 0.3 is 5.97 Å². The molecule has 2 aromatic carbocycles. The smallest absolute Gasteiger partial charge is 0.336 e. The number of aliphatic hydroxyl groups excluding tert-OH is 1. The fourth-order valence-electron chi connectivity index (χ4n) is 2.36. The number of carbonyl (C=O) groups excluding carboxylic acids is 1. The number of amides is 1. The molecule has 5 heteroatoms. The predicted molar refractivity (Wildman–Crippen MR) is 87.9 cm³/mol. The molecule has 23 heavy (non-hydrogen) atoms. The summed E-state index contributed by atoms with van der Waals surface area (Å²) in [5.41, 5.74) is 2.72. The van der Waals surface area contributed by atoms with Crippen molar-refractivity contribution in [2.75, 3.05) is 11.9 Å². The Hall–Kier alpha value is -2.66. The largest absolute Gasteiger partial charge is 0.478 e. The van der Waals surface area contributed by atoms with Gasteiger partial charge in [0.25, 0.3) is 5.91 Å². The molecule has 0 aliphatic heterocycles. The Bertz CT molecular complexity index is 725. The van der Waals surface area contributed by atoms with E-state index < -0.39 is 11.9 Å².